The first kappa shape index (κ1) is 24.5. The van der Waals surface area contributed by atoms with Crippen LogP contribution in [0.3, 0.4) is 0 Å². The molecule has 2 aromatic carbocycles. The summed E-state index contributed by atoms with van der Waals surface area (Å²) in [6.07, 6.45) is 1.87. The van der Waals surface area contributed by atoms with E-state index in [-0.39, 0.29) is 17.6 Å². The number of hydrogen-bond donors (Lipinski definition) is 2. The van der Waals surface area contributed by atoms with E-state index in [1.807, 2.05) is 0 Å². The van der Waals surface area contributed by atoms with Crippen molar-refractivity contribution in [2.75, 3.05) is 50.8 Å². The number of benzene rings is 2. The van der Waals surface area contributed by atoms with Crippen molar-refractivity contribution in [2.24, 2.45) is 5.92 Å². The first-order valence-corrected chi connectivity index (χ1v) is 13.9. The molecule has 2 fully saturated rings. The summed E-state index contributed by atoms with van der Waals surface area (Å²) in [6.45, 7) is 4.43. The summed E-state index contributed by atoms with van der Waals surface area (Å²) >= 11 is 1.72. The maximum Gasteiger partial charge on any atom is 0.225 e. The molecule has 1 amide bonds. The average molecular weight is 526 g/mol. The van der Waals surface area contributed by atoms with E-state index in [9.17, 15) is 14.3 Å². The highest BCUT2D eigenvalue weighted by Crippen LogP contribution is 2.37. The zero-order valence-corrected chi connectivity index (χ0v) is 21.5. The average Bonchev–Trinajstić information content (AvgIpc) is 3.69. The van der Waals surface area contributed by atoms with E-state index < -0.39 is 18.0 Å². The molecule has 2 saturated heterocycles. The van der Waals surface area contributed by atoms with E-state index in [1.54, 1.807) is 17.4 Å². The fourth-order valence-electron chi connectivity index (χ4n) is 5.65. The lowest BCUT2D eigenvalue weighted by Crippen LogP contribution is -2.48. The zero-order chi connectivity index (χ0) is 25.4. The van der Waals surface area contributed by atoms with Gasteiger partial charge in [0.2, 0.25) is 5.91 Å². The van der Waals surface area contributed by atoms with Crippen LogP contribution in [0.2, 0.25) is 0 Å². The number of nitrogens with one attached hydrogen (secondary N) is 1. The van der Waals surface area contributed by atoms with Crippen LogP contribution in [0.25, 0.3) is 10.1 Å². The van der Waals surface area contributed by atoms with E-state index in [1.165, 1.54) is 16.2 Å². The van der Waals surface area contributed by atoms with Gasteiger partial charge in [-0.2, -0.15) is 0 Å². The minimum absolute atomic E-state index is 0.0686. The van der Waals surface area contributed by atoms with Crippen LogP contribution >= 0.6 is 11.3 Å². The molecule has 1 aromatic heterocycles. The molecule has 0 spiro atoms. The summed E-state index contributed by atoms with van der Waals surface area (Å²) in [6, 6.07) is 10.9. The van der Waals surface area contributed by atoms with Crippen LogP contribution in [-0.2, 0) is 4.79 Å². The molecule has 0 radical (unpaired) electrons. The predicted octanol–water partition coefficient (Wildman–Crippen LogP) is 3.95. The van der Waals surface area contributed by atoms with E-state index in [2.05, 4.69) is 44.8 Å². The Bertz CT molecular complexity index is 1280. The summed E-state index contributed by atoms with van der Waals surface area (Å²) < 4.78 is 26.9. The molecule has 0 aliphatic carbocycles. The van der Waals surface area contributed by atoms with Gasteiger partial charge in [0.1, 0.15) is 19.3 Å². The number of halogens is 1. The lowest BCUT2D eigenvalue weighted by molar-refractivity contribution is -0.126. The first-order chi connectivity index (χ1) is 18.0. The Morgan fingerprint density at radius 1 is 1.14 bits per heavy atom. The Kier molecular flexibility index (Phi) is 6.92. The van der Waals surface area contributed by atoms with Crippen LogP contribution in [0.15, 0.2) is 41.8 Å². The van der Waals surface area contributed by atoms with E-state index in [4.69, 9.17) is 9.47 Å². The van der Waals surface area contributed by atoms with Gasteiger partial charge in [-0.05, 0) is 79.0 Å². The van der Waals surface area contributed by atoms with Gasteiger partial charge in [0.25, 0.3) is 0 Å². The number of aliphatic hydroxyl groups excluding tert-OH is 1. The topological polar surface area (TPSA) is 74.3 Å². The molecule has 6 rings (SSSR count). The Labute approximate surface area is 219 Å². The number of nitrogens with zero attached hydrogens (tertiary/aromatic N) is 2. The van der Waals surface area contributed by atoms with Crippen LogP contribution in [0.5, 0.6) is 11.5 Å². The number of likely N-dealkylation sites (tertiary alicyclic amines) is 1. The third-order valence-corrected chi connectivity index (χ3v) is 8.57. The number of carbonyl (C=O) groups is 1. The van der Waals surface area contributed by atoms with Crippen LogP contribution in [0, 0.1) is 11.7 Å². The standard InChI is InChI=1S/C28H32FN3O4S/c29-22-13-20(14-24-27(22)36-11-10-35-24)26(33)23(17-31-7-1-2-8-31)30-28(34)19-5-9-32(16-19)21-4-3-18-6-12-37-25(18)15-21/h3-4,6,12-15,19,23,26,33H,1-2,5,7-11,16-17H2,(H,30,34)/t19-,23+,26+/m0/s1. The Hall–Kier alpha value is -2.88. The normalized spacial score (nSPS) is 21.4. The van der Waals surface area contributed by atoms with Crippen LogP contribution in [-0.4, -0.2) is 67.9 Å². The second-order valence-electron chi connectivity index (χ2n) is 10.2. The second-order valence-corrected chi connectivity index (χ2v) is 11.1. The fourth-order valence-corrected chi connectivity index (χ4v) is 6.47. The van der Waals surface area contributed by atoms with Gasteiger partial charge in [-0.1, -0.05) is 6.07 Å². The van der Waals surface area contributed by atoms with Gasteiger partial charge >= 0.3 is 0 Å². The molecular formula is C28H32FN3O4S. The summed E-state index contributed by atoms with van der Waals surface area (Å²) in [5.74, 6) is -0.438. The third-order valence-electron chi connectivity index (χ3n) is 7.69. The largest absolute Gasteiger partial charge is 0.486 e. The smallest absolute Gasteiger partial charge is 0.225 e. The molecule has 4 heterocycles. The monoisotopic (exact) mass is 525 g/mol. The molecule has 37 heavy (non-hydrogen) atoms. The summed E-state index contributed by atoms with van der Waals surface area (Å²) in [7, 11) is 0. The van der Waals surface area contributed by atoms with Gasteiger partial charge in [-0.3, -0.25) is 4.79 Å². The van der Waals surface area contributed by atoms with Crippen LogP contribution in [0.4, 0.5) is 10.1 Å². The van der Waals surface area contributed by atoms with E-state index in [0.717, 1.165) is 44.6 Å². The maximum atomic E-state index is 14.7. The van der Waals surface area contributed by atoms with Crippen molar-refractivity contribution in [3.05, 3.63) is 53.2 Å². The van der Waals surface area contributed by atoms with E-state index in [0.29, 0.717) is 37.6 Å². The number of hydrogen-bond acceptors (Lipinski definition) is 7. The minimum atomic E-state index is -1.08. The van der Waals surface area contributed by atoms with Gasteiger partial charge in [-0.25, -0.2) is 4.39 Å². The molecular weight excluding hydrogens is 493 g/mol. The quantitative estimate of drug-likeness (QED) is 0.487. The van der Waals surface area contributed by atoms with Crippen molar-refractivity contribution in [3.63, 3.8) is 0 Å². The van der Waals surface area contributed by atoms with Crippen LogP contribution < -0.4 is 19.7 Å². The molecule has 0 saturated carbocycles. The van der Waals surface area contributed by atoms with Crippen molar-refractivity contribution in [1.82, 2.24) is 10.2 Å². The molecule has 0 bridgehead atoms. The molecule has 9 heteroatoms. The van der Waals surface area contributed by atoms with Gasteiger partial charge < -0.3 is 29.7 Å². The summed E-state index contributed by atoms with van der Waals surface area (Å²) in [5.41, 5.74) is 1.51. The highest BCUT2D eigenvalue weighted by molar-refractivity contribution is 7.17. The number of amides is 1. The van der Waals surface area contributed by atoms with Gasteiger partial charge in [0.15, 0.2) is 17.3 Å². The fraction of sp³-hybridized carbons (Fsp3) is 0.464. The van der Waals surface area contributed by atoms with Crippen molar-refractivity contribution in [3.8, 4) is 11.5 Å². The number of rotatable bonds is 7. The Balaban J connectivity index is 1.17. The molecule has 0 unspecified atom stereocenters. The molecule has 3 aliphatic heterocycles. The predicted molar refractivity (Wildman–Crippen MR) is 142 cm³/mol. The van der Waals surface area contributed by atoms with Crippen molar-refractivity contribution in [1.29, 1.82) is 0 Å². The molecule has 7 nitrogen and oxygen atoms in total. The molecule has 3 atom stereocenters. The number of carbonyl (C=O) groups excluding carboxylic acids is 1. The zero-order valence-electron chi connectivity index (χ0n) is 20.7. The number of fused-ring (bicyclic) bond motifs is 2. The van der Waals surface area contributed by atoms with Gasteiger partial charge in [-0.15, -0.1) is 11.3 Å². The number of anilines is 1. The first-order valence-electron chi connectivity index (χ1n) is 13.1. The van der Waals surface area contributed by atoms with E-state index >= 15 is 0 Å². The van der Waals surface area contributed by atoms with Crippen molar-refractivity contribution in [2.45, 2.75) is 31.4 Å². The highest BCUT2D eigenvalue weighted by Gasteiger charge is 2.34. The molecule has 3 aromatic rings. The second kappa shape index (κ2) is 10.5. The lowest BCUT2D eigenvalue weighted by Gasteiger charge is -2.30. The van der Waals surface area contributed by atoms with Gasteiger partial charge in [0.05, 0.1) is 12.0 Å². The Morgan fingerprint density at radius 2 is 1.97 bits per heavy atom. The number of ether oxygens (including phenoxy) is 2. The van der Waals surface area contributed by atoms with Crippen LogP contribution in [0.1, 0.15) is 30.9 Å². The van der Waals surface area contributed by atoms with Crippen molar-refractivity contribution < 1.29 is 23.8 Å². The molecule has 196 valence electrons. The molecule has 2 N–H and O–H groups in total. The minimum Gasteiger partial charge on any atom is -0.486 e. The third kappa shape index (κ3) is 5.12. The maximum absolute atomic E-state index is 14.7. The summed E-state index contributed by atoms with van der Waals surface area (Å²) in [4.78, 5) is 17.9. The van der Waals surface area contributed by atoms with Crippen molar-refractivity contribution >= 4 is 33.0 Å². The lowest BCUT2D eigenvalue weighted by atomic mass is 9.99. The van der Waals surface area contributed by atoms with Gasteiger partial charge in [0, 0.05) is 30.0 Å². The summed E-state index contributed by atoms with van der Waals surface area (Å²) in [5, 5.41) is 17.8. The Morgan fingerprint density at radius 3 is 2.84 bits per heavy atom. The SMILES string of the molecule is O=C(N[C@H](CN1CCCC1)[C@H](O)c1cc(F)c2c(c1)OCCO2)[C@H]1CCN(c2ccc3ccsc3c2)C1. The highest BCUT2D eigenvalue weighted by atomic mass is 32.1. The number of thiophene rings is 1. The molecule has 3 aliphatic rings. The number of aliphatic hydroxyl groups is 1.